The van der Waals surface area contributed by atoms with Gasteiger partial charge in [-0.25, -0.2) is 0 Å². The number of aliphatic carboxylic acids is 1. The molecule has 1 aromatic rings. The molecule has 0 unspecified atom stereocenters. The molecule has 1 atom stereocenters. The van der Waals surface area contributed by atoms with Gasteiger partial charge in [0.05, 0.1) is 12.5 Å². The van der Waals surface area contributed by atoms with E-state index in [1.807, 2.05) is 31.2 Å². The minimum atomic E-state index is -0.893. The molecule has 2 N–H and O–H groups in total. The van der Waals surface area contributed by atoms with Gasteiger partial charge in [-0.15, -0.1) is 0 Å². The largest absolute Gasteiger partial charge is 0.481 e. The highest BCUT2D eigenvalue weighted by atomic mass is 16.4. The number of carboxylic acids is 1. The van der Waals surface area contributed by atoms with Crippen LogP contribution in [0.5, 0.6) is 0 Å². The highest BCUT2D eigenvalue weighted by molar-refractivity contribution is 5.98. The molecule has 0 bridgehead atoms. The minimum Gasteiger partial charge on any atom is -0.481 e. The molecule has 1 aliphatic rings. The number of carboxylic acid groups (broad SMARTS) is 1. The summed E-state index contributed by atoms with van der Waals surface area (Å²) in [5.74, 6) is -0.922. The van der Waals surface area contributed by atoms with Crippen molar-refractivity contribution in [2.45, 2.75) is 32.2 Å². The van der Waals surface area contributed by atoms with E-state index in [2.05, 4.69) is 5.32 Å². The van der Waals surface area contributed by atoms with Crippen molar-refractivity contribution < 1.29 is 14.7 Å². The van der Waals surface area contributed by atoms with Crippen LogP contribution < -0.4 is 10.2 Å². The fraction of sp³-hybridized carbons (Fsp3) is 0.467. The van der Waals surface area contributed by atoms with Crippen LogP contribution in [0.15, 0.2) is 24.3 Å². The first-order chi connectivity index (χ1) is 9.59. The number of rotatable bonds is 5. The summed E-state index contributed by atoms with van der Waals surface area (Å²) in [6, 6.07) is 7.38. The lowest BCUT2D eigenvalue weighted by Crippen LogP contribution is -2.45. The molecule has 1 saturated heterocycles. The molecule has 1 fully saturated rings. The number of hydrogen-bond donors (Lipinski definition) is 2. The molecule has 108 valence electrons. The standard InChI is InChI=1S/C15H20N2O3/c1-11-5-2-3-7-13(11)17(10-8-14(18)19)15(20)12-6-4-9-16-12/h2-3,5,7,12,16H,4,6,8-10H2,1H3,(H,18,19)/t12-/m0/s1. The number of benzene rings is 1. The van der Waals surface area contributed by atoms with Crippen LogP contribution >= 0.6 is 0 Å². The quantitative estimate of drug-likeness (QED) is 0.856. The van der Waals surface area contributed by atoms with Crippen molar-refractivity contribution in [3.05, 3.63) is 29.8 Å². The van der Waals surface area contributed by atoms with Gasteiger partial charge < -0.3 is 15.3 Å². The van der Waals surface area contributed by atoms with Crippen molar-refractivity contribution in [2.24, 2.45) is 0 Å². The van der Waals surface area contributed by atoms with Crippen LogP contribution in [0.25, 0.3) is 0 Å². The van der Waals surface area contributed by atoms with Gasteiger partial charge in [-0.1, -0.05) is 18.2 Å². The van der Waals surface area contributed by atoms with E-state index in [1.54, 1.807) is 4.90 Å². The van der Waals surface area contributed by atoms with Crippen LogP contribution in [-0.2, 0) is 9.59 Å². The first-order valence-electron chi connectivity index (χ1n) is 6.92. The summed E-state index contributed by atoms with van der Waals surface area (Å²) in [6.45, 7) is 2.98. The third-order valence-electron chi connectivity index (χ3n) is 3.58. The predicted octanol–water partition coefficient (Wildman–Crippen LogP) is 1.55. The summed E-state index contributed by atoms with van der Waals surface area (Å²) < 4.78 is 0. The van der Waals surface area contributed by atoms with Crippen molar-refractivity contribution in [3.8, 4) is 0 Å². The third kappa shape index (κ3) is 3.36. The lowest BCUT2D eigenvalue weighted by atomic mass is 10.1. The summed E-state index contributed by atoms with van der Waals surface area (Å²) >= 11 is 0. The normalized spacial score (nSPS) is 17.9. The number of amides is 1. The van der Waals surface area contributed by atoms with Crippen LogP contribution in [0.2, 0.25) is 0 Å². The van der Waals surface area contributed by atoms with Crippen LogP contribution in [0.4, 0.5) is 5.69 Å². The van der Waals surface area contributed by atoms with E-state index in [0.717, 1.165) is 30.6 Å². The Morgan fingerprint density at radius 1 is 1.40 bits per heavy atom. The van der Waals surface area contributed by atoms with Crippen LogP contribution in [-0.4, -0.2) is 36.1 Å². The van der Waals surface area contributed by atoms with Gasteiger partial charge in [0, 0.05) is 12.2 Å². The zero-order valence-corrected chi connectivity index (χ0v) is 11.6. The molecule has 0 saturated carbocycles. The SMILES string of the molecule is Cc1ccccc1N(CCC(=O)O)C(=O)[C@@H]1CCCN1. The molecule has 5 nitrogen and oxygen atoms in total. The van der Waals surface area contributed by atoms with Crippen molar-refractivity contribution in [1.82, 2.24) is 5.32 Å². The number of nitrogens with zero attached hydrogens (tertiary/aromatic N) is 1. The summed E-state index contributed by atoms with van der Waals surface area (Å²) in [5.41, 5.74) is 1.77. The molecule has 0 radical (unpaired) electrons. The molecule has 1 aliphatic heterocycles. The van der Waals surface area contributed by atoms with E-state index in [1.165, 1.54) is 0 Å². The lowest BCUT2D eigenvalue weighted by Gasteiger charge is -2.26. The Kier molecular flexibility index (Phi) is 4.74. The Morgan fingerprint density at radius 3 is 2.75 bits per heavy atom. The van der Waals surface area contributed by atoms with E-state index in [4.69, 9.17) is 5.11 Å². The second kappa shape index (κ2) is 6.52. The molecule has 0 spiro atoms. The van der Waals surface area contributed by atoms with Gasteiger partial charge in [0.1, 0.15) is 0 Å². The summed E-state index contributed by atoms with van der Waals surface area (Å²) in [6.07, 6.45) is 1.75. The maximum absolute atomic E-state index is 12.6. The van der Waals surface area contributed by atoms with E-state index in [9.17, 15) is 9.59 Å². The Morgan fingerprint density at radius 2 is 2.15 bits per heavy atom. The van der Waals surface area contributed by atoms with Gasteiger partial charge in [0.15, 0.2) is 0 Å². The third-order valence-corrected chi connectivity index (χ3v) is 3.58. The maximum atomic E-state index is 12.6. The molecular formula is C15H20N2O3. The number of anilines is 1. The van der Waals surface area contributed by atoms with E-state index < -0.39 is 5.97 Å². The Hall–Kier alpha value is -1.88. The van der Waals surface area contributed by atoms with E-state index >= 15 is 0 Å². The number of nitrogens with one attached hydrogen (secondary N) is 1. The predicted molar refractivity (Wildman–Crippen MR) is 76.8 cm³/mol. The number of carbonyl (C=O) groups is 2. The minimum absolute atomic E-state index is 0.0296. The molecule has 1 amide bonds. The molecule has 1 aromatic carbocycles. The summed E-state index contributed by atoms with van der Waals surface area (Å²) in [4.78, 5) is 25.0. The van der Waals surface area contributed by atoms with E-state index in [0.29, 0.717) is 0 Å². The van der Waals surface area contributed by atoms with Crippen LogP contribution in [0.3, 0.4) is 0 Å². The van der Waals surface area contributed by atoms with Gasteiger partial charge in [0.25, 0.3) is 0 Å². The van der Waals surface area contributed by atoms with Crippen molar-refractivity contribution in [3.63, 3.8) is 0 Å². The fourth-order valence-corrected chi connectivity index (χ4v) is 2.51. The van der Waals surface area contributed by atoms with Gasteiger partial charge in [0.2, 0.25) is 5.91 Å². The second-order valence-corrected chi connectivity index (χ2v) is 5.07. The Balaban J connectivity index is 2.21. The zero-order valence-electron chi connectivity index (χ0n) is 11.6. The fourth-order valence-electron chi connectivity index (χ4n) is 2.51. The highest BCUT2D eigenvalue weighted by Crippen LogP contribution is 2.22. The lowest BCUT2D eigenvalue weighted by molar-refractivity contribution is -0.136. The number of aryl methyl sites for hydroxylation is 1. The molecule has 5 heteroatoms. The number of carbonyl (C=O) groups excluding carboxylic acids is 1. The summed E-state index contributed by atoms with van der Waals surface area (Å²) in [7, 11) is 0. The Bertz CT molecular complexity index is 496. The second-order valence-electron chi connectivity index (χ2n) is 5.07. The number of hydrogen-bond acceptors (Lipinski definition) is 3. The van der Waals surface area contributed by atoms with Crippen LogP contribution in [0, 0.1) is 6.92 Å². The van der Waals surface area contributed by atoms with Gasteiger partial charge >= 0.3 is 5.97 Å². The molecule has 20 heavy (non-hydrogen) atoms. The van der Waals surface area contributed by atoms with E-state index in [-0.39, 0.29) is 24.9 Å². The molecule has 1 heterocycles. The van der Waals surface area contributed by atoms with Crippen molar-refractivity contribution >= 4 is 17.6 Å². The smallest absolute Gasteiger partial charge is 0.305 e. The zero-order chi connectivity index (χ0) is 14.5. The highest BCUT2D eigenvalue weighted by Gasteiger charge is 2.28. The van der Waals surface area contributed by atoms with Crippen molar-refractivity contribution in [2.75, 3.05) is 18.0 Å². The summed E-state index contributed by atoms with van der Waals surface area (Å²) in [5, 5.41) is 12.0. The molecular weight excluding hydrogens is 256 g/mol. The van der Waals surface area contributed by atoms with Crippen molar-refractivity contribution in [1.29, 1.82) is 0 Å². The monoisotopic (exact) mass is 276 g/mol. The van der Waals surface area contributed by atoms with Gasteiger partial charge in [-0.2, -0.15) is 0 Å². The topological polar surface area (TPSA) is 69.6 Å². The average molecular weight is 276 g/mol. The number of para-hydroxylation sites is 1. The Labute approximate surface area is 118 Å². The molecule has 2 rings (SSSR count). The maximum Gasteiger partial charge on any atom is 0.305 e. The van der Waals surface area contributed by atoms with Gasteiger partial charge in [-0.05, 0) is 37.9 Å². The van der Waals surface area contributed by atoms with Crippen LogP contribution in [0.1, 0.15) is 24.8 Å². The molecule has 0 aliphatic carbocycles. The van der Waals surface area contributed by atoms with Gasteiger partial charge in [-0.3, -0.25) is 9.59 Å². The first-order valence-corrected chi connectivity index (χ1v) is 6.92. The molecule has 0 aromatic heterocycles. The first kappa shape index (κ1) is 14.5. The average Bonchev–Trinajstić information content (AvgIpc) is 2.94.